The number of carbonyl (C=O) groups is 1. The average Bonchev–Trinajstić information content (AvgIpc) is 2.59. The molecule has 132 valence electrons. The van der Waals surface area contributed by atoms with Crippen molar-refractivity contribution in [2.24, 2.45) is 10.8 Å². The molecule has 23 heavy (non-hydrogen) atoms. The number of methoxy groups -OCH3 is 2. The first-order valence-electron chi connectivity index (χ1n) is 8.78. The molecule has 5 atom stereocenters. The van der Waals surface area contributed by atoms with Crippen LogP contribution in [-0.2, 0) is 23.7 Å². The Labute approximate surface area is 139 Å². The zero-order valence-electron chi connectivity index (χ0n) is 15.3. The third kappa shape index (κ3) is 1.66. The Morgan fingerprint density at radius 1 is 1.04 bits per heavy atom. The largest absolute Gasteiger partial charge is 0.468 e. The van der Waals surface area contributed by atoms with E-state index in [-0.39, 0.29) is 17.0 Å². The molecule has 0 radical (unpaired) electrons. The van der Waals surface area contributed by atoms with Crippen LogP contribution in [0.15, 0.2) is 0 Å². The molecule has 2 bridgehead atoms. The van der Waals surface area contributed by atoms with Crippen molar-refractivity contribution in [3.63, 3.8) is 0 Å². The summed E-state index contributed by atoms with van der Waals surface area (Å²) in [5.74, 6) is -1.89. The summed E-state index contributed by atoms with van der Waals surface area (Å²) in [7, 11) is 3.06. The van der Waals surface area contributed by atoms with Crippen LogP contribution in [-0.4, -0.2) is 37.4 Å². The van der Waals surface area contributed by atoms with Gasteiger partial charge in [0.15, 0.2) is 11.6 Å². The van der Waals surface area contributed by atoms with Gasteiger partial charge < -0.3 is 18.9 Å². The molecule has 0 aromatic heterocycles. The molecule has 2 saturated heterocycles. The molecule has 2 aliphatic heterocycles. The van der Waals surface area contributed by atoms with Crippen LogP contribution in [0.2, 0.25) is 0 Å². The first-order valence-corrected chi connectivity index (χ1v) is 8.78. The second-order valence-electron chi connectivity index (χ2n) is 7.97. The average molecular weight is 326 g/mol. The van der Waals surface area contributed by atoms with Gasteiger partial charge >= 0.3 is 5.97 Å². The Bertz CT molecular complexity index is 518. The Kier molecular flexibility index (Phi) is 3.68. The van der Waals surface area contributed by atoms with E-state index in [0.29, 0.717) is 6.42 Å². The fraction of sp³-hybridized carbons (Fsp3) is 0.944. The van der Waals surface area contributed by atoms with Crippen LogP contribution in [0, 0.1) is 10.8 Å². The van der Waals surface area contributed by atoms with E-state index in [2.05, 4.69) is 20.8 Å². The minimum Gasteiger partial charge on any atom is -0.468 e. The smallest absolute Gasteiger partial charge is 0.317 e. The number of hydrogen-bond acceptors (Lipinski definition) is 5. The molecular formula is C18H30O5. The summed E-state index contributed by atoms with van der Waals surface area (Å²) >= 11 is 0. The Morgan fingerprint density at radius 3 is 2.22 bits per heavy atom. The van der Waals surface area contributed by atoms with Crippen molar-refractivity contribution in [2.75, 3.05) is 14.2 Å². The lowest BCUT2D eigenvalue weighted by molar-refractivity contribution is -0.523. The predicted molar refractivity (Wildman–Crippen MR) is 84.7 cm³/mol. The van der Waals surface area contributed by atoms with Gasteiger partial charge in [-0.1, -0.05) is 26.7 Å². The zero-order chi connectivity index (χ0) is 17.1. The van der Waals surface area contributed by atoms with Gasteiger partial charge in [0.2, 0.25) is 0 Å². The van der Waals surface area contributed by atoms with Gasteiger partial charge in [0.25, 0.3) is 0 Å². The van der Waals surface area contributed by atoms with Crippen molar-refractivity contribution in [3.05, 3.63) is 0 Å². The third-order valence-electron chi connectivity index (χ3n) is 6.54. The highest BCUT2D eigenvalue weighted by Crippen LogP contribution is 2.79. The predicted octanol–water partition coefficient (Wildman–Crippen LogP) is 3.40. The van der Waals surface area contributed by atoms with Crippen LogP contribution in [0.25, 0.3) is 0 Å². The molecule has 0 aromatic rings. The molecule has 1 saturated carbocycles. The van der Waals surface area contributed by atoms with E-state index >= 15 is 0 Å². The molecule has 3 aliphatic rings. The molecule has 0 amide bonds. The minimum absolute atomic E-state index is 0.277. The normalized spacial score (nSPS) is 50.5. The summed E-state index contributed by atoms with van der Waals surface area (Å²) in [6.07, 6.45) is 5.16. The van der Waals surface area contributed by atoms with Gasteiger partial charge in [-0.25, -0.2) is 0 Å². The highest BCUT2D eigenvalue weighted by Gasteiger charge is 2.90. The van der Waals surface area contributed by atoms with Crippen molar-refractivity contribution in [1.29, 1.82) is 0 Å². The summed E-state index contributed by atoms with van der Waals surface area (Å²) in [5, 5.41) is 0. The van der Waals surface area contributed by atoms with E-state index in [4.69, 9.17) is 18.9 Å². The van der Waals surface area contributed by atoms with Gasteiger partial charge in [-0.05, 0) is 33.1 Å². The lowest BCUT2D eigenvalue weighted by Gasteiger charge is -2.68. The Morgan fingerprint density at radius 2 is 1.70 bits per heavy atom. The maximum absolute atomic E-state index is 12.7. The topological polar surface area (TPSA) is 54.0 Å². The van der Waals surface area contributed by atoms with Crippen molar-refractivity contribution in [3.8, 4) is 0 Å². The fourth-order valence-electron chi connectivity index (χ4n) is 5.97. The summed E-state index contributed by atoms with van der Waals surface area (Å²) < 4.78 is 24.1. The molecule has 0 N–H and O–H groups in total. The molecule has 3 rings (SSSR count). The molecular weight excluding hydrogens is 296 g/mol. The second-order valence-corrected chi connectivity index (χ2v) is 7.97. The first-order chi connectivity index (χ1) is 10.7. The van der Waals surface area contributed by atoms with Gasteiger partial charge in [0.1, 0.15) is 5.41 Å². The van der Waals surface area contributed by atoms with Crippen LogP contribution < -0.4 is 0 Å². The SMILES string of the molecule is CCC[C@@]12C[C@@]3(C)[C@@](CCC)(O1)O[C@]3(OC)[C@](C)(C(=O)OC)C2. The first kappa shape index (κ1) is 17.2. The zero-order valence-corrected chi connectivity index (χ0v) is 15.3. The van der Waals surface area contributed by atoms with Gasteiger partial charge in [-0.15, -0.1) is 0 Å². The highest BCUT2D eigenvalue weighted by molar-refractivity contribution is 5.79. The number of carbonyl (C=O) groups excluding carboxylic acids is 1. The van der Waals surface area contributed by atoms with E-state index in [1.165, 1.54) is 7.11 Å². The van der Waals surface area contributed by atoms with Crippen LogP contribution in [0.1, 0.15) is 66.2 Å². The lowest BCUT2D eigenvalue weighted by atomic mass is 9.49. The van der Waals surface area contributed by atoms with Gasteiger partial charge in [-0.2, -0.15) is 0 Å². The summed E-state index contributed by atoms with van der Waals surface area (Å²) in [4.78, 5) is 12.7. The Hall–Kier alpha value is -0.650. The molecule has 5 heteroatoms. The Balaban J connectivity index is 2.14. The summed E-state index contributed by atoms with van der Waals surface area (Å²) in [6.45, 7) is 8.36. The fourth-order valence-corrected chi connectivity index (χ4v) is 5.97. The van der Waals surface area contributed by atoms with Crippen LogP contribution >= 0.6 is 0 Å². The summed E-state index contributed by atoms with van der Waals surface area (Å²) in [6, 6.07) is 0. The van der Waals surface area contributed by atoms with E-state index in [1.807, 2.05) is 6.92 Å². The molecule has 0 spiro atoms. The van der Waals surface area contributed by atoms with E-state index in [1.54, 1.807) is 7.11 Å². The molecule has 2 heterocycles. The van der Waals surface area contributed by atoms with Crippen LogP contribution in [0.3, 0.4) is 0 Å². The molecule has 0 unspecified atom stereocenters. The number of rotatable bonds is 6. The number of esters is 1. The van der Waals surface area contributed by atoms with Gasteiger partial charge in [-0.3, -0.25) is 4.79 Å². The van der Waals surface area contributed by atoms with Crippen LogP contribution in [0.5, 0.6) is 0 Å². The summed E-state index contributed by atoms with van der Waals surface area (Å²) in [5.41, 5.74) is -1.55. The maximum atomic E-state index is 12.7. The minimum atomic E-state index is -0.976. The monoisotopic (exact) mass is 326 g/mol. The van der Waals surface area contributed by atoms with Crippen molar-refractivity contribution in [2.45, 2.75) is 83.4 Å². The van der Waals surface area contributed by atoms with Crippen molar-refractivity contribution in [1.82, 2.24) is 0 Å². The maximum Gasteiger partial charge on any atom is 0.317 e. The quantitative estimate of drug-likeness (QED) is 0.700. The molecule has 5 nitrogen and oxygen atoms in total. The number of ether oxygens (including phenoxy) is 4. The van der Waals surface area contributed by atoms with Gasteiger partial charge in [0.05, 0.1) is 18.1 Å². The number of fused-ring (bicyclic) bond motifs is 1. The molecule has 0 aromatic carbocycles. The standard InChI is InChI=1S/C18H30O5/c1-7-9-16-11-14(3,13(19)20-5)18(21-6)15(4,12-16)17(22-16,23-18)10-8-2/h7-12H2,1-6H3/t14-,15-,16+,17-,18+/m0/s1. The van der Waals surface area contributed by atoms with E-state index in [0.717, 1.165) is 32.1 Å². The third-order valence-corrected chi connectivity index (χ3v) is 6.54. The van der Waals surface area contributed by atoms with Crippen LogP contribution in [0.4, 0.5) is 0 Å². The second kappa shape index (κ2) is 4.93. The lowest BCUT2D eigenvalue weighted by Crippen LogP contribution is -2.81. The van der Waals surface area contributed by atoms with E-state index in [9.17, 15) is 4.79 Å². The van der Waals surface area contributed by atoms with E-state index < -0.39 is 17.0 Å². The van der Waals surface area contributed by atoms with Crippen molar-refractivity contribution < 1.29 is 23.7 Å². The van der Waals surface area contributed by atoms with Gasteiger partial charge in [0, 0.05) is 13.5 Å². The highest BCUT2D eigenvalue weighted by atomic mass is 16.8. The number of hydrogen-bond donors (Lipinski definition) is 0. The molecule has 3 fully saturated rings. The molecule has 1 aliphatic carbocycles. The van der Waals surface area contributed by atoms with Crippen molar-refractivity contribution >= 4 is 5.97 Å².